The van der Waals surface area contributed by atoms with Crippen molar-refractivity contribution in [1.82, 2.24) is 0 Å². The van der Waals surface area contributed by atoms with E-state index in [0.29, 0.717) is 4.31 Å². The molecule has 0 saturated heterocycles. The highest BCUT2D eigenvalue weighted by Crippen LogP contribution is 2.32. The second-order valence-electron chi connectivity index (χ2n) is 4.81. The zero-order chi connectivity index (χ0) is 18.1. The molecule has 0 N–H and O–H groups in total. The van der Waals surface area contributed by atoms with Crippen molar-refractivity contribution < 1.29 is 17.6 Å². The predicted molar refractivity (Wildman–Crippen MR) is 92.8 cm³/mol. The third-order valence-corrected chi connectivity index (χ3v) is 6.15. The number of carbonyl (C=O) groups is 1. The van der Waals surface area contributed by atoms with Crippen molar-refractivity contribution in [3.63, 3.8) is 0 Å². The van der Waals surface area contributed by atoms with Crippen molar-refractivity contribution in [2.24, 2.45) is 0 Å². The van der Waals surface area contributed by atoms with Gasteiger partial charge in [-0.1, -0.05) is 35.3 Å². The van der Waals surface area contributed by atoms with E-state index in [0.717, 1.165) is 12.1 Å². The summed E-state index contributed by atoms with van der Waals surface area (Å²) in [5, 5.41) is -0.785. The van der Waals surface area contributed by atoms with Gasteiger partial charge < -0.3 is 0 Å². The predicted octanol–water partition coefficient (Wildman–Crippen LogP) is 4.48. The van der Waals surface area contributed by atoms with Gasteiger partial charge in [-0.05, 0) is 48.9 Å². The fourth-order valence-corrected chi connectivity index (χ4v) is 4.19. The highest BCUT2D eigenvalue weighted by atomic mass is 35.5. The molecule has 24 heavy (non-hydrogen) atoms. The lowest BCUT2D eigenvalue weighted by Gasteiger charge is -2.28. The number of nitrogens with zero attached hydrogens (tertiary/aromatic N) is 1. The van der Waals surface area contributed by atoms with Crippen molar-refractivity contribution in [2.45, 2.75) is 17.9 Å². The Morgan fingerprint density at radius 2 is 1.75 bits per heavy atom. The summed E-state index contributed by atoms with van der Waals surface area (Å²) < 4.78 is 40.6. The van der Waals surface area contributed by atoms with Gasteiger partial charge in [-0.2, -0.15) is 0 Å². The van der Waals surface area contributed by atoms with Crippen LogP contribution in [0.2, 0.25) is 10.0 Å². The van der Waals surface area contributed by atoms with E-state index >= 15 is 0 Å². The number of anilines is 1. The van der Waals surface area contributed by atoms with Crippen molar-refractivity contribution in [1.29, 1.82) is 0 Å². The van der Waals surface area contributed by atoms with Gasteiger partial charge in [0, 0.05) is 0 Å². The lowest BCUT2D eigenvalue weighted by molar-refractivity contribution is -0.112. The molecular formula is C15H11Cl3FNO3S. The number of benzene rings is 2. The summed E-state index contributed by atoms with van der Waals surface area (Å²) in [5.74, 6) is -0.814. The number of para-hydroxylation sites is 1. The van der Waals surface area contributed by atoms with Gasteiger partial charge in [0.15, 0.2) is 0 Å². The Hall–Kier alpha value is -1.34. The molecule has 2 aromatic rings. The number of halogens is 4. The fraction of sp³-hybridized carbons (Fsp3) is 0.133. The minimum Gasteiger partial charge on any atom is -0.279 e. The quantitative estimate of drug-likeness (QED) is 0.683. The molecule has 0 heterocycles. The van der Waals surface area contributed by atoms with Crippen molar-refractivity contribution in [3.8, 4) is 0 Å². The Morgan fingerprint density at radius 1 is 1.12 bits per heavy atom. The smallest absolute Gasteiger partial charge is 0.265 e. The van der Waals surface area contributed by atoms with Crippen LogP contribution >= 0.6 is 34.8 Å². The van der Waals surface area contributed by atoms with Crippen molar-refractivity contribution in [2.75, 3.05) is 4.31 Å². The van der Waals surface area contributed by atoms with Crippen LogP contribution in [0.3, 0.4) is 0 Å². The highest BCUT2D eigenvalue weighted by Gasteiger charge is 2.34. The number of hydrogen-bond donors (Lipinski definition) is 0. The summed E-state index contributed by atoms with van der Waals surface area (Å²) >= 11 is 17.1. The molecule has 0 aromatic heterocycles. The van der Waals surface area contributed by atoms with Gasteiger partial charge in [0.25, 0.3) is 10.0 Å². The van der Waals surface area contributed by atoms with Gasteiger partial charge in [-0.25, -0.2) is 12.8 Å². The molecule has 1 unspecified atom stereocenters. The molecule has 0 amide bonds. The molecule has 0 aliphatic rings. The average molecular weight is 411 g/mol. The molecular weight excluding hydrogens is 400 g/mol. The molecule has 128 valence electrons. The zero-order valence-corrected chi connectivity index (χ0v) is 15.3. The maximum atomic E-state index is 14.1. The molecule has 0 fully saturated rings. The molecule has 0 spiro atoms. The third kappa shape index (κ3) is 3.67. The summed E-state index contributed by atoms with van der Waals surface area (Å²) in [6.07, 6.45) is 0. The third-order valence-electron chi connectivity index (χ3n) is 3.22. The molecule has 1 atom stereocenters. The molecule has 2 rings (SSSR count). The van der Waals surface area contributed by atoms with Gasteiger partial charge in [-0.3, -0.25) is 9.10 Å². The van der Waals surface area contributed by atoms with Crippen LogP contribution in [0.4, 0.5) is 10.1 Å². The molecule has 2 aromatic carbocycles. The number of rotatable bonds is 5. The van der Waals surface area contributed by atoms with E-state index in [4.69, 9.17) is 34.8 Å². The molecule has 9 heteroatoms. The first-order valence-corrected chi connectivity index (χ1v) is 9.17. The van der Waals surface area contributed by atoms with E-state index in [9.17, 15) is 17.6 Å². The fourth-order valence-electron chi connectivity index (χ4n) is 2.02. The Labute approximate surface area is 153 Å². The van der Waals surface area contributed by atoms with E-state index < -0.39 is 27.1 Å². The first kappa shape index (κ1) is 19.0. The van der Waals surface area contributed by atoms with Crippen molar-refractivity contribution in [3.05, 3.63) is 58.3 Å². The van der Waals surface area contributed by atoms with Crippen LogP contribution in [0.5, 0.6) is 0 Å². The van der Waals surface area contributed by atoms with E-state index in [1.54, 1.807) is 0 Å². The summed E-state index contributed by atoms with van der Waals surface area (Å²) in [5.41, 5.74) is -0.301. The number of carbonyl (C=O) groups excluding carboxylic acids is 1. The second-order valence-corrected chi connectivity index (χ2v) is 7.81. The molecule has 0 saturated carbocycles. The first-order valence-electron chi connectivity index (χ1n) is 6.59. The Morgan fingerprint density at radius 3 is 2.29 bits per heavy atom. The standard InChI is InChI=1S/C15H11Cl3FNO3S/c1-9(15(18)21)20(14-5-3-2-4-13(14)19)24(22,23)10-6-7-11(16)12(17)8-10/h2-9H,1H3. The van der Waals surface area contributed by atoms with Crippen LogP contribution in [0.15, 0.2) is 47.4 Å². The van der Waals surface area contributed by atoms with Gasteiger partial charge in [0.05, 0.1) is 20.6 Å². The van der Waals surface area contributed by atoms with Gasteiger partial charge in [0.1, 0.15) is 11.9 Å². The van der Waals surface area contributed by atoms with Crippen LogP contribution in [-0.4, -0.2) is 19.7 Å². The SMILES string of the molecule is CC(C(=O)Cl)N(c1ccccc1F)S(=O)(=O)c1ccc(Cl)c(Cl)c1. The second kappa shape index (κ2) is 7.27. The van der Waals surface area contributed by atoms with E-state index in [2.05, 4.69) is 0 Å². The minimum absolute atomic E-state index is 0.0103. The van der Waals surface area contributed by atoms with E-state index in [-0.39, 0.29) is 20.6 Å². The lowest BCUT2D eigenvalue weighted by atomic mass is 10.2. The molecule has 4 nitrogen and oxygen atoms in total. The molecule has 0 radical (unpaired) electrons. The Kier molecular flexibility index (Phi) is 5.75. The summed E-state index contributed by atoms with van der Waals surface area (Å²) in [7, 11) is -4.32. The average Bonchev–Trinajstić information content (AvgIpc) is 2.51. The summed E-state index contributed by atoms with van der Waals surface area (Å²) in [4.78, 5) is 11.3. The Bertz CT molecular complexity index is 889. The van der Waals surface area contributed by atoms with Gasteiger partial charge in [0.2, 0.25) is 5.24 Å². The highest BCUT2D eigenvalue weighted by molar-refractivity contribution is 7.93. The first-order chi connectivity index (χ1) is 11.2. The Balaban J connectivity index is 2.68. The van der Waals surface area contributed by atoms with Crippen molar-refractivity contribution >= 4 is 55.8 Å². The van der Waals surface area contributed by atoms with Crippen LogP contribution in [0.1, 0.15) is 6.92 Å². The van der Waals surface area contributed by atoms with Crippen LogP contribution in [-0.2, 0) is 14.8 Å². The van der Waals surface area contributed by atoms with Gasteiger partial charge in [-0.15, -0.1) is 0 Å². The van der Waals surface area contributed by atoms with Crippen LogP contribution in [0.25, 0.3) is 0 Å². The largest absolute Gasteiger partial charge is 0.279 e. The maximum Gasteiger partial charge on any atom is 0.265 e. The zero-order valence-electron chi connectivity index (χ0n) is 12.2. The summed E-state index contributed by atoms with van der Waals surface area (Å²) in [6.45, 7) is 1.26. The number of hydrogen-bond acceptors (Lipinski definition) is 3. The van der Waals surface area contributed by atoms with Crippen LogP contribution < -0.4 is 4.31 Å². The summed E-state index contributed by atoms with van der Waals surface area (Å²) in [6, 6.07) is 7.46. The topological polar surface area (TPSA) is 54.5 Å². The van der Waals surface area contributed by atoms with E-state index in [1.165, 1.54) is 37.3 Å². The molecule has 0 aliphatic carbocycles. The number of sulfonamides is 1. The minimum atomic E-state index is -4.32. The van der Waals surface area contributed by atoms with Gasteiger partial charge >= 0.3 is 0 Å². The molecule has 0 bridgehead atoms. The normalized spacial score (nSPS) is 12.7. The maximum absolute atomic E-state index is 14.1. The lowest BCUT2D eigenvalue weighted by Crippen LogP contribution is -2.42. The van der Waals surface area contributed by atoms with Crippen LogP contribution in [0, 0.1) is 5.82 Å². The monoisotopic (exact) mass is 409 g/mol. The van der Waals surface area contributed by atoms with E-state index in [1.807, 2.05) is 0 Å². The molecule has 0 aliphatic heterocycles.